The summed E-state index contributed by atoms with van der Waals surface area (Å²) in [6.07, 6.45) is 3.73. The molecule has 0 aliphatic heterocycles. The Bertz CT molecular complexity index is 923. The number of para-hydroxylation sites is 1. The van der Waals surface area contributed by atoms with Gasteiger partial charge in [-0.2, -0.15) is 5.10 Å². The third-order valence-electron chi connectivity index (χ3n) is 4.51. The van der Waals surface area contributed by atoms with Crippen molar-refractivity contribution in [3.05, 3.63) is 77.9 Å². The predicted octanol–water partition coefficient (Wildman–Crippen LogP) is 3.78. The molecule has 0 fully saturated rings. The van der Waals surface area contributed by atoms with Gasteiger partial charge in [-0.15, -0.1) is 0 Å². The molecule has 0 bridgehead atoms. The van der Waals surface area contributed by atoms with E-state index in [-0.39, 0.29) is 11.6 Å². The Balaban J connectivity index is 1.62. The second-order valence-electron chi connectivity index (χ2n) is 6.69. The fourth-order valence-corrected chi connectivity index (χ4v) is 2.75. The molecule has 5 nitrogen and oxygen atoms in total. The number of carbonyl (C=O) groups is 1. The molecule has 1 amide bonds. The summed E-state index contributed by atoms with van der Waals surface area (Å²) in [5.41, 5.74) is 2.98. The lowest BCUT2D eigenvalue weighted by Crippen LogP contribution is -2.39. The molecule has 1 unspecified atom stereocenters. The molecule has 1 aromatic heterocycles. The summed E-state index contributed by atoms with van der Waals surface area (Å²) < 4.78 is 15.7. The fraction of sp³-hybridized carbons (Fsp3) is 0.238. The average Bonchev–Trinajstić information content (AvgIpc) is 3.12. The van der Waals surface area contributed by atoms with Crippen molar-refractivity contribution < 1.29 is 9.18 Å². The fourth-order valence-electron chi connectivity index (χ4n) is 2.75. The molecular weight excluding hydrogens is 343 g/mol. The lowest BCUT2D eigenvalue weighted by Gasteiger charge is -2.23. The highest BCUT2D eigenvalue weighted by molar-refractivity contribution is 5.94. The first-order valence-corrected chi connectivity index (χ1v) is 8.80. The number of amides is 1. The van der Waals surface area contributed by atoms with Crippen molar-refractivity contribution in [2.75, 3.05) is 12.4 Å². The summed E-state index contributed by atoms with van der Waals surface area (Å²) in [5.74, 6) is -0.682. The van der Waals surface area contributed by atoms with E-state index >= 15 is 0 Å². The van der Waals surface area contributed by atoms with Crippen molar-refractivity contribution >= 4 is 11.6 Å². The van der Waals surface area contributed by atoms with E-state index in [9.17, 15) is 9.18 Å². The Labute approximate surface area is 158 Å². The molecule has 27 heavy (non-hydrogen) atoms. The van der Waals surface area contributed by atoms with Crippen LogP contribution in [-0.4, -0.2) is 33.7 Å². The van der Waals surface area contributed by atoms with Crippen LogP contribution in [0, 0.1) is 12.7 Å². The molecule has 3 rings (SSSR count). The van der Waals surface area contributed by atoms with Crippen LogP contribution in [0.4, 0.5) is 10.1 Å². The molecule has 0 radical (unpaired) electrons. The Morgan fingerprint density at radius 2 is 2.00 bits per heavy atom. The monoisotopic (exact) mass is 366 g/mol. The number of nitrogens with one attached hydrogen (secondary N) is 1. The highest BCUT2D eigenvalue weighted by Gasteiger charge is 2.20. The van der Waals surface area contributed by atoms with Gasteiger partial charge in [0.25, 0.3) is 0 Å². The molecule has 0 spiro atoms. The summed E-state index contributed by atoms with van der Waals surface area (Å²) in [5, 5.41) is 7.03. The Morgan fingerprint density at radius 1 is 1.26 bits per heavy atom. The standard InChI is InChI=1S/C21H23FN4O/c1-15-9-10-20(19(22)11-15)24-21(27)16(2)25(3)13-17-12-23-26(14-17)18-7-5-4-6-8-18/h4-12,14,16H,13H2,1-3H3,(H,24,27). The van der Waals surface area contributed by atoms with E-state index in [2.05, 4.69) is 10.4 Å². The zero-order chi connectivity index (χ0) is 19.4. The van der Waals surface area contributed by atoms with Crippen LogP contribution >= 0.6 is 0 Å². The van der Waals surface area contributed by atoms with E-state index in [0.717, 1.165) is 16.8 Å². The minimum atomic E-state index is -0.428. The number of benzene rings is 2. The predicted molar refractivity (Wildman–Crippen MR) is 104 cm³/mol. The maximum absolute atomic E-state index is 13.9. The van der Waals surface area contributed by atoms with Crippen LogP contribution in [-0.2, 0) is 11.3 Å². The van der Waals surface area contributed by atoms with Gasteiger partial charge in [0.2, 0.25) is 5.91 Å². The summed E-state index contributed by atoms with van der Waals surface area (Å²) in [7, 11) is 1.86. The Kier molecular flexibility index (Phi) is 5.66. The van der Waals surface area contributed by atoms with Gasteiger partial charge < -0.3 is 5.32 Å². The third-order valence-corrected chi connectivity index (χ3v) is 4.51. The van der Waals surface area contributed by atoms with Gasteiger partial charge >= 0.3 is 0 Å². The van der Waals surface area contributed by atoms with Gasteiger partial charge in [-0.3, -0.25) is 9.69 Å². The molecule has 0 saturated carbocycles. The molecule has 0 saturated heterocycles. The van der Waals surface area contributed by atoms with Crippen molar-refractivity contribution in [1.29, 1.82) is 0 Å². The number of rotatable bonds is 6. The molecule has 2 aromatic carbocycles. The van der Waals surface area contributed by atoms with Crippen molar-refractivity contribution in [3.8, 4) is 5.69 Å². The van der Waals surface area contributed by atoms with E-state index in [0.29, 0.717) is 6.54 Å². The molecule has 1 heterocycles. The zero-order valence-corrected chi connectivity index (χ0v) is 15.7. The number of carbonyl (C=O) groups excluding carboxylic acids is 1. The van der Waals surface area contributed by atoms with E-state index in [4.69, 9.17) is 0 Å². The smallest absolute Gasteiger partial charge is 0.241 e. The number of nitrogens with zero attached hydrogens (tertiary/aromatic N) is 3. The first kappa shape index (κ1) is 18.8. The van der Waals surface area contributed by atoms with Crippen LogP contribution < -0.4 is 5.32 Å². The topological polar surface area (TPSA) is 50.2 Å². The minimum Gasteiger partial charge on any atom is -0.322 e. The van der Waals surface area contributed by atoms with E-state index in [1.807, 2.05) is 48.5 Å². The van der Waals surface area contributed by atoms with Crippen LogP contribution in [0.5, 0.6) is 0 Å². The summed E-state index contributed by atoms with van der Waals surface area (Å²) in [4.78, 5) is 14.4. The van der Waals surface area contributed by atoms with E-state index in [1.165, 1.54) is 6.07 Å². The van der Waals surface area contributed by atoms with Crippen molar-refractivity contribution in [2.45, 2.75) is 26.4 Å². The van der Waals surface area contributed by atoms with Gasteiger partial charge in [-0.1, -0.05) is 24.3 Å². The maximum atomic E-state index is 13.9. The average molecular weight is 366 g/mol. The van der Waals surface area contributed by atoms with Gasteiger partial charge in [0.1, 0.15) is 5.82 Å². The van der Waals surface area contributed by atoms with Crippen LogP contribution in [0.3, 0.4) is 0 Å². The van der Waals surface area contributed by atoms with Crippen molar-refractivity contribution in [1.82, 2.24) is 14.7 Å². The Hall–Kier alpha value is -2.99. The molecule has 0 aliphatic carbocycles. The number of hydrogen-bond acceptors (Lipinski definition) is 3. The summed E-state index contributed by atoms with van der Waals surface area (Å²) in [6, 6.07) is 14.2. The highest BCUT2D eigenvalue weighted by Crippen LogP contribution is 2.16. The quantitative estimate of drug-likeness (QED) is 0.722. The number of anilines is 1. The normalized spacial score (nSPS) is 12.2. The van der Waals surface area contributed by atoms with Crippen LogP contribution in [0.2, 0.25) is 0 Å². The Morgan fingerprint density at radius 3 is 2.70 bits per heavy atom. The summed E-state index contributed by atoms with van der Waals surface area (Å²) >= 11 is 0. The highest BCUT2D eigenvalue weighted by atomic mass is 19.1. The maximum Gasteiger partial charge on any atom is 0.241 e. The van der Waals surface area contributed by atoms with Gasteiger partial charge in [0.15, 0.2) is 0 Å². The number of halogens is 1. The molecule has 6 heteroatoms. The summed E-state index contributed by atoms with van der Waals surface area (Å²) in [6.45, 7) is 4.15. The van der Waals surface area contributed by atoms with Crippen molar-refractivity contribution in [3.63, 3.8) is 0 Å². The van der Waals surface area contributed by atoms with Crippen LogP contribution in [0.15, 0.2) is 60.9 Å². The minimum absolute atomic E-state index is 0.197. The van der Waals surface area contributed by atoms with Crippen molar-refractivity contribution in [2.24, 2.45) is 0 Å². The molecular formula is C21H23FN4O. The van der Waals surface area contributed by atoms with Gasteiger partial charge in [0, 0.05) is 18.3 Å². The lowest BCUT2D eigenvalue weighted by atomic mass is 10.2. The van der Waals surface area contributed by atoms with E-state index in [1.54, 1.807) is 36.9 Å². The first-order valence-electron chi connectivity index (χ1n) is 8.80. The molecule has 3 aromatic rings. The van der Waals surface area contributed by atoms with Gasteiger partial charge in [0.05, 0.1) is 23.6 Å². The molecule has 0 aliphatic rings. The SMILES string of the molecule is Cc1ccc(NC(=O)C(C)N(C)Cc2cnn(-c3ccccc3)c2)c(F)c1. The molecule has 1 N–H and O–H groups in total. The second kappa shape index (κ2) is 8.14. The largest absolute Gasteiger partial charge is 0.322 e. The molecule has 140 valence electrons. The molecule has 1 atom stereocenters. The number of aryl methyl sites for hydroxylation is 1. The van der Waals surface area contributed by atoms with Crippen LogP contribution in [0.25, 0.3) is 5.69 Å². The number of aromatic nitrogens is 2. The zero-order valence-electron chi connectivity index (χ0n) is 15.7. The first-order chi connectivity index (χ1) is 12.9. The second-order valence-corrected chi connectivity index (χ2v) is 6.69. The number of likely N-dealkylation sites (N-methyl/N-ethyl adjacent to an activating group) is 1. The number of hydrogen-bond donors (Lipinski definition) is 1. The third kappa shape index (κ3) is 4.60. The lowest BCUT2D eigenvalue weighted by molar-refractivity contribution is -0.120. The van der Waals surface area contributed by atoms with Gasteiger partial charge in [-0.25, -0.2) is 9.07 Å². The van der Waals surface area contributed by atoms with Gasteiger partial charge in [-0.05, 0) is 50.7 Å². The van der Waals surface area contributed by atoms with Crippen LogP contribution in [0.1, 0.15) is 18.1 Å². The van der Waals surface area contributed by atoms with E-state index < -0.39 is 11.9 Å².